The first-order valence-corrected chi connectivity index (χ1v) is 11.6. The average Bonchev–Trinajstić information content (AvgIpc) is 3.26. The molecule has 0 aliphatic carbocycles. The van der Waals surface area contributed by atoms with Crippen LogP contribution in [0.1, 0.15) is 55.3 Å². The Bertz CT molecular complexity index is 1020. The van der Waals surface area contributed by atoms with E-state index in [9.17, 15) is 14.0 Å². The van der Waals surface area contributed by atoms with Crippen LogP contribution in [0.5, 0.6) is 0 Å². The van der Waals surface area contributed by atoms with Crippen molar-refractivity contribution in [1.82, 2.24) is 9.91 Å². The number of carbonyl (C=O) groups excluding carboxylic acids is 2. The lowest BCUT2D eigenvalue weighted by atomic mass is 9.97. The summed E-state index contributed by atoms with van der Waals surface area (Å²) in [5, 5.41) is 6.22. The second-order valence-corrected chi connectivity index (χ2v) is 8.66. The van der Waals surface area contributed by atoms with E-state index in [2.05, 4.69) is 5.10 Å². The smallest absolute Gasteiger partial charge is 0.323 e. The zero-order chi connectivity index (χ0) is 23.4. The highest BCUT2D eigenvalue weighted by atomic mass is 19.1. The van der Waals surface area contributed by atoms with Crippen LogP contribution >= 0.6 is 0 Å². The summed E-state index contributed by atoms with van der Waals surface area (Å²) in [6.45, 7) is 4.91. The molecule has 2 heterocycles. The minimum absolute atomic E-state index is 0.103. The van der Waals surface area contributed by atoms with E-state index >= 15 is 0 Å². The van der Waals surface area contributed by atoms with E-state index in [0.29, 0.717) is 26.0 Å². The Morgan fingerprint density at radius 1 is 1.09 bits per heavy atom. The van der Waals surface area contributed by atoms with Crippen LogP contribution in [0.2, 0.25) is 0 Å². The summed E-state index contributed by atoms with van der Waals surface area (Å²) in [5.41, 5.74) is 3.68. The first-order valence-electron chi connectivity index (χ1n) is 11.6. The SMILES string of the molecule is CCOC(=O)[C@H]1CCCCN1CC(=O)N1N=C(c2ccc(F)cc2)C[C@@H]1c1ccc(C)cc1. The van der Waals surface area contributed by atoms with Gasteiger partial charge < -0.3 is 4.74 Å². The first-order chi connectivity index (χ1) is 16.0. The molecular formula is C26H30FN3O3. The minimum Gasteiger partial charge on any atom is -0.465 e. The van der Waals surface area contributed by atoms with Gasteiger partial charge in [-0.15, -0.1) is 0 Å². The van der Waals surface area contributed by atoms with Gasteiger partial charge >= 0.3 is 5.97 Å². The Morgan fingerprint density at radius 2 is 1.82 bits per heavy atom. The Morgan fingerprint density at radius 3 is 2.52 bits per heavy atom. The molecule has 1 fully saturated rings. The van der Waals surface area contributed by atoms with E-state index < -0.39 is 6.04 Å². The fraction of sp³-hybridized carbons (Fsp3) is 0.423. The van der Waals surface area contributed by atoms with Gasteiger partial charge in [-0.2, -0.15) is 5.10 Å². The Kier molecular flexibility index (Phi) is 7.18. The Balaban J connectivity index is 1.59. The lowest BCUT2D eigenvalue weighted by molar-refractivity contribution is -0.152. The number of likely N-dealkylation sites (tertiary alicyclic amines) is 1. The molecule has 0 N–H and O–H groups in total. The van der Waals surface area contributed by atoms with Crippen LogP contribution in [0.3, 0.4) is 0 Å². The van der Waals surface area contributed by atoms with Crippen LogP contribution in [0.25, 0.3) is 0 Å². The number of rotatable bonds is 6. The van der Waals surface area contributed by atoms with Gasteiger partial charge in [0.05, 0.1) is 24.9 Å². The zero-order valence-electron chi connectivity index (χ0n) is 19.2. The maximum absolute atomic E-state index is 13.5. The molecule has 6 nitrogen and oxygen atoms in total. The number of halogens is 1. The molecule has 4 rings (SSSR count). The summed E-state index contributed by atoms with van der Waals surface area (Å²) in [4.78, 5) is 27.9. The van der Waals surface area contributed by atoms with Gasteiger partial charge in [0.1, 0.15) is 11.9 Å². The van der Waals surface area contributed by atoms with Gasteiger partial charge in [0, 0.05) is 6.42 Å². The van der Waals surface area contributed by atoms with E-state index in [1.165, 1.54) is 12.1 Å². The van der Waals surface area contributed by atoms with Crippen molar-refractivity contribution in [1.29, 1.82) is 0 Å². The van der Waals surface area contributed by atoms with E-state index in [-0.39, 0.29) is 30.3 Å². The van der Waals surface area contributed by atoms with Crippen molar-refractivity contribution in [3.05, 3.63) is 71.0 Å². The maximum Gasteiger partial charge on any atom is 0.323 e. The molecule has 33 heavy (non-hydrogen) atoms. The van der Waals surface area contributed by atoms with Crippen LogP contribution in [-0.4, -0.2) is 53.2 Å². The van der Waals surface area contributed by atoms with Crippen molar-refractivity contribution < 1.29 is 18.7 Å². The van der Waals surface area contributed by atoms with Crippen LogP contribution in [0, 0.1) is 12.7 Å². The molecule has 0 bridgehead atoms. The second-order valence-electron chi connectivity index (χ2n) is 8.66. The van der Waals surface area contributed by atoms with E-state index in [4.69, 9.17) is 4.74 Å². The minimum atomic E-state index is -0.399. The van der Waals surface area contributed by atoms with Gasteiger partial charge in [-0.05, 0) is 56.5 Å². The molecule has 0 aromatic heterocycles. The van der Waals surface area contributed by atoms with E-state index in [1.54, 1.807) is 24.1 Å². The van der Waals surface area contributed by atoms with Crippen LogP contribution in [-0.2, 0) is 14.3 Å². The second kappa shape index (κ2) is 10.3. The molecule has 0 spiro atoms. The monoisotopic (exact) mass is 451 g/mol. The van der Waals surface area contributed by atoms with E-state index in [0.717, 1.165) is 35.2 Å². The van der Waals surface area contributed by atoms with Crippen molar-refractivity contribution >= 4 is 17.6 Å². The van der Waals surface area contributed by atoms with Crippen molar-refractivity contribution in [2.45, 2.75) is 51.6 Å². The number of benzene rings is 2. The predicted octanol–water partition coefficient (Wildman–Crippen LogP) is 4.23. The van der Waals surface area contributed by atoms with Gasteiger partial charge in [0.15, 0.2) is 0 Å². The number of piperidine rings is 1. The predicted molar refractivity (Wildman–Crippen MR) is 124 cm³/mol. The van der Waals surface area contributed by atoms with Gasteiger partial charge in [-0.1, -0.05) is 48.4 Å². The molecule has 1 saturated heterocycles. The third kappa shape index (κ3) is 5.30. The lowest BCUT2D eigenvalue weighted by Crippen LogP contribution is -2.49. The van der Waals surface area contributed by atoms with Crippen molar-refractivity contribution in [3.63, 3.8) is 0 Å². The molecule has 0 radical (unpaired) electrons. The zero-order valence-corrected chi connectivity index (χ0v) is 19.2. The first kappa shape index (κ1) is 23.1. The lowest BCUT2D eigenvalue weighted by Gasteiger charge is -2.34. The molecule has 2 aliphatic heterocycles. The van der Waals surface area contributed by atoms with E-state index in [1.807, 2.05) is 36.1 Å². The quantitative estimate of drug-likeness (QED) is 0.617. The molecule has 0 unspecified atom stereocenters. The number of esters is 1. The van der Waals surface area contributed by atoms with Crippen LogP contribution < -0.4 is 0 Å². The number of hydrogen-bond donors (Lipinski definition) is 0. The number of amides is 1. The number of ether oxygens (including phenoxy) is 1. The van der Waals surface area contributed by atoms with Crippen LogP contribution in [0.4, 0.5) is 4.39 Å². The van der Waals surface area contributed by atoms with Crippen molar-refractivity contribution in [3.8, 4) is 0 Å². The summed E-state index contributed by atoms with van der Waals surface area (Å²) in [7, 11) is 0. The molecule has 2 aliphatic rings. The summed E-state index contributed by atoms with van der Waals surface area (Å²) >= 11 is 0. The summed E-state index contributed by atoms with van der Waals surface area (Å²) < 4.78 is 18.7. The fourth-order valence-corrected chi connectivity index (χ4v) is 4.54. The summed E-state index contributed by atoms with van der Waals surface area (Å²) in [6, 6.07) is 13.6. The third-order valence-electron chi connectivity index (χ3n) is 6.32. The highest BCUT2D eigenvalue weighted by molar-refractivity contribution is 6.03. The number of hydrazone groups is 1. The number of aryl methyl sites for hydroxylation is 1. The molecule has 7 heteroatoms. The molecule has 1 amide bonds. The standard InChI is InChI=1S/C26H30FN3O3/c1-3-33-26(32)23-6-4-5-15-29(23)17-25(31)30-24(20-9-7-18(2)8-10-20)16-22(28-30)19-11-13-21(27)14-12-19/h7-14,23-24H,3-6,15-17H2,1-2H3/t23-,24-/m1/s1. The van der Waals surface area contributed by atoms with Crippen molar-refractivity contribution in [2.75, 3.05) is 19.7 Å². The third-order valence-corrected chi connectivity index (χ3v) is 6.32. The largest absolute Gasteiger partial charge is 0.465 e. The molecule has 2 atom stereocenters. The van der Waals surface area contributed by atoms with Gasteiger partial charge in [-0.25, -0.2) is 9.40 Å². The highest BCUT2D eigenvalue weighted by Gasteiger charge is 2.37. The summed E-state index contributed by atoms with van der Waals surface area (Å²) in [5.74, 6) is -0.735. The molecule has 174 valence electrons. The van der Waals surface area contributed by atoms with Gasteiger partial charge in [-0.3, -0.25) is 14.5 Å². The number of hydrogen-bond acceptors (Lipinski definition) is 5. The highest BCUT2D eigenvalue weighted by Crippen LogP contribution is 2.33. The molecular weight excluding hydrogens is 421 g/mol. The van der Waals surface area contributed by atoms with Gasteiger partial charge in [0.2, 0.25) is 0 Å². The number of nitrogens with zero attached hydrogens (tertiary/aromatic N) is 3. The molecule has 2 aromatic rings. The van der Waals surface area contributed by atoms with Crippen LogP contribution in [0.15, 0.2) is 53.6 Å². The maximum atomic E-state index is 13.5. The average molecular weight is 452 g/mol. The van der Waals surface area contributed by atoms with Crippen molar-refractivity contribution in [2.24, 2.45) is 5.10 Å². The summed E-state index contributed by atoms with van der Waals surface area (Å²) in [6.07, 6.45) is 3.12. The Hall–Kier alpha value is -3.06. The fourth-order valence-electron chi connectivity index (χ4n) is 4.54. The molecule has 0 saturated carbocycles. The Labute approximate surface area is 194 Å². The van der Waals surface area contributed by atoms with Gasteiger partial charge in [0.25, 0.3) is 5.91 Å². The normalized spacial score (nSPS) is 21.1. The molecule has 2 aromatic carbocycles. The number of carbonyl (C=O) groups is 2. The topological polar surface area (TPSA) is 62.2 Å².